The van der Waals surface area contributed by atoms with Crippen molar-refractivity contribution in [3.05, 3.63) is 30.1 Å². The molecule has 2 heterocycles. The summed E-state index contributed by atoms with van der Waals surface area (Å²) in [5.41, 5.74) is 0.894. The van der Waals surface area contributed by atoms with Gasteiger partial charge in [0.05, 0.1) is 5.92 Å². The van der Waals surface area contributed by atoms with Gasteiger partial charge in [0.2, 0.25) is 0 Å². The van der Waals surface area contributed by atoms with Crippen molar-refractivity contribution in [2.24, 2.45) is 5.92 Å². The Labute approximate surface area is 105 Å². The molecule has 1 unspecified atom stereocenters. The van der Waals surface area contributed by atoms with Crippen molar-refractivity contribution in [2.75, 3.05) is 20.1 Å². The van der Waals surface area contributed by atoms with E-state index < -0.39 is 11.9 Å². The van der Waals surface area contributed by atoms with Crippen LogP contribution in [0.4, 0.5) is 4.79 Å². The molecule has 1 aliphatic rings. The number of carbonyl (C=O) groups excluding carboxylic acids is 1. The minimum Gasteiger partial charge on any atom is -0.481 e. The van der Waals surface area contributed by atoms with E-state index in [1.165, 1.54) is 4.90 Å². The highest BCUT2D eigenvalue weighted by Gasteiger charge is 2.33. The van der Waals surface area contributed by atoms with E-state index in [9.17, 15) is 9.59 Å². The molecule has 2 rings (SSSR count). The normalized spacial score (nSPS) is 20.1. The van der Waals surface area contributed by atoms with Crippen molar-refractivity contribution < 1.29 is 14.7 Å². The fourth-order valence-electron chi connectivity index (χ4n) is 2.05. The van der Waals surface area contributed by atoms with E-state index in [0.717, 1.165) is 5.56 Å². The van der Waals surface area contributed by atoms with Crippen LogP contribution in [0.25, 0.3) is 0 Å². The average molecular weight is 249 g/mol. The minimum absolute atomic E-state index is 0.142. The van der Waals surface area contributed by atoms with Crippen molar-refractivity contribution >= 4 is 12.0 Å². The monoisotopic (exact) mass is 249 g/mol. The first-order valence-corrected chi connectivity index (χ1v) is 5.69. The first kappa shape index (κ1) is 12.3. The van der Waals surface area contributed by atoms with E-state index in [4.69, 9.17) is 5.11 Å². The van der Waals surface area contributed by atoms with Crippen molar-refractivity contribution in [1.29, 1.82) is 0 Å². The summed E-state index contributed by atoms with van der Waals surface area (Å²) in [5.74, 6) is -1.41. The molecule has 0 spiro atoms. The molecular weight excluding hydrogens is 234 g/mol. The third-order valence-corrected chi connectivity index (χ3v) is 2.98. The number of aliphatic carboxylic acids is 1. The molecule has 18 heavy (non-hydrogen) atoms. The van der Waals surface area contributed by atoms with Crippen molar-refractivity contribution in [1.82, 2.24) is 14.8 Å². The zero-order valence-corrected chi connectivity index (χ0v) is 10.1. The van der Waals surface area contributed by atoms with Gasteiger partial charge in [0.1, 0.15) is 0 Å². The van der Waals surface area contributed by atoms with Gasteiger partial charge in [-0.3, -0.25) is 9.78 Å². The molecule has 1 aromatic heterocycles. The predicted molar refractivity (Wildman–Crippen MR) is 63.8 cm³/mol. The Morgan fingerprint density at radius 3 is 2.94 bits per heavy atom. The predicted octanol–water partition coefficient (Wildman–Crippen LogP) is 0.650. The van der Waals surface area contributed by atoms with Crippen LogP contribution in [0, 0.1) is 5.92 Å². The van der Waals surface area contributed by atoms with Crippen LogP contribution in [0.5, 0.6) is 0 Å². The Hall–Kier alpha value is -2.11. The average Bonchev–Trinajstić information content (AvgIpc) is 2.35. The van der Waals surface area contributed by atoms with Gasteiger partial charge in [-0.15, -0.1) is 0 Å². The Bertz CT molecular complexity index is 449. The lowest BCUT2D eigenvalue weighted by atomic mass is 10.1. The number of carboxylic acid groups (broad SMARTS) is 1. The van der Waals surface area contributed by atoms with E-state index in [-0.39, 0.29) is 19.1 Å². The molecule has 1 saturated heterocycles. The van der Waals surface area contributed by atoms with Gasteiger partial charge in [0, 0.05) is 39.1 Å². The van der Waals surface area contributed by atoms with E-state index in [1.54, 1.807) is 30.4 Å². The first-order chi connectivity index (χ1) is 8.58. The molecule has 0 bridgehead atoms. The summed E-state index contributed by atoms with van der Waals surface area (Å²) in [6.07, 6.45) is 3.34. The van der Waals surface area contributed by atoms with Gasteiger partial charge in [-0.1, -0.05) is 6.07 Å². The molecular formula is C12H15N3O3. The van der Waals surface area contributed by atoms with E-state index >= 15 is 0 Å². The number of carbonyl (C=O) groups is 2. The molecule has 0 aromatic carbocycles. The first-order valence-electron chi connectivity index (χ1n) is 5.69. The number of hydrogen-bond acceptors (Lipinski definition) is 3. The topological polar surface area (TPSA) is 73.7 Å². The van der Waals surface area contributed by atoms with Crippen molar-refractivity contribution in [2.45, 2.75) is 6.54 Å². The fraction of sp³-hybridized carbons (Fsp3) is 0.417. The number of amides is 2. The van der Waals surface area contributed by atoms with Crippen LogP contribution in [0.1, 0.15) is 5.56 Å². The molecule has 2 amide bonds. The quantitative estimate of drug-likeness (QED) is 0.853. The molecule has 6 nitrogen and oxygen atoms in total. The summed E-state index contributed by atoms with van der Waals surface area (Å²) < 4.78 is 0. The van der Waals surface area contributed by atoms with Crippen LogP contribution < -0.4 is 0 Å². The molecule has 6 heteroatoms. The lowest BCUT2D eigenvalue weighted by molar-refractivity contribution is -0.143. The van der Waals surface area contributed by atoms with Crippen LogP contribution in [-0.4, -0.2) is 52.0 Å². The summed E-state index contributed by atoms with van der Waals surface area (Å²) in [6, 6.07) is 3.52. The molecule has 1 aliphatic heterocycles. The van der Waals surface area contributed by atoms with Gasteiger partial charge in [0.15, 0.2) is 0 Å². The highest BCUT2D eigenvalue weighted by Crippen LogP contribution is 2.16. The zero-order valence-electron chi connectivity index (χ0n) is 10.1. The summed E-state index contributed by atoms with van der Waals surface area (Å²) >= 11 is 0. The summed E-state index contributed by atoms with van der Waals surface area (Å²) in [4.78, 5) is 29.9. The molecule has 0 radical (unpaired) electrons. The molecule has 96 valence electrons. The number of carboxylic acids is 1. The second-order valence-corrected chi connectivity index (χ2v) is 4.44. The number of aromatic nitrogens is 1. The third kappa shape index (κ3) is 2.58. The maximum absolute atomic E-state index is 11.9. The smallest absolute Gasteiger partial charge is 0.320 e. The highest BCUT2D eigenvalue weighted by atomic mass is 16.4. The Morgan fingerprint density at radius 2 is 2.33 bits per heavy atom. The Morgan fingerprint density at radius 1 is 1.56 bits per heavy atom. The van der Waals surface area contributed by atoms with Crippen LogP contribution >= 0.6 is 0 Å². The van der Waals surface area contributed by atoms with Gasteiger partial charge < -0.3 is 14.9 Å². The summed E-state index contributed by atoms with van der Waals surface area (Å²) in [6.45, 7) is 0.895. The standard InChI is InChI=1S/C12H15N3O3/c1-14-7-10(11(16)17)8-15(12(14)18)6-9-3-2-4-13-5-9/h2-5,10H,6-8H2,1H3,(H,16,17). The molecule has 0 saturated carbocycles. The van der Waals surface area contributed by atoms with Crippen LogP contribution in [0.2, 0.25) is 0 Å². The SMILES string of the molecule is CN1CC(C(=O)O)CN(Cc2cccnc2)C1=O. The largest absolute Gasteiger partial charge is 0.481 e. The van der Waals surface area contributed by atoms with E-state index in [2.05, 4.69) is 4.98 Å². The second kappa shape index (κ2) is 5.03. The summed E-state index contributed by atoms with van der Waals surface area (Å²) in [5, 5.41) is 9.05. The van der Waals surface area contributed by atoms with Crippen molar-refractivity contribution in [3.63, 3.8) is 0 Å². The highest BCUT2D eigenvalue weighted by molar-refractivity contribution is 5.79. The lowest BCUT2D eigenvalue weighted by Gasteiger charge is -2.36. The molecule has 1 aromatic rings. The van der Waals surface area contributed by atoms with Gasteiger partial charge in [-0.25, -0.2) is 4.79 Å². The fourth-order valence-corrected chi connectivity index (χ4v) is 2.05. The van der Waals surface area contributed by atoms with Gasteiger partial charge >= 0.3 is 12.0 Å². The van der Waals surface area contributed by atoms with E-state index in [0.29, 0.717) is 6.54 Å². The number of hydrogen-bond donors (Lipinski definition) is 1. The van der Waals surface area contributed by atoms with Gasteiger partial charge in [0.25, 0.3) is 0 Å². The van der Waals surface area contributed by atoms with Crippen LogP contribution in [0.3, 0.4) is 0 Å². The number of urea groups is 1. The second-order valence-electron chi connectivity index (χ2n) is 4.44. The zero-order chi connectivity index (χ0) is 13.1. The summed E-state index contributed by atoms with van der Waals surface area (Å²) in [7, 11) is 1.62. The minimum atomic E-state index is -0.870. The molecule has 0 aliphatic carbocycles. The number of nitrogens with zero attached hydrogens (tertiary/aromatic N) is 3. The van der Waals surface area contributed by atoms with Crippen LogP contribution in [-0.2, 0) is 11.3 Å². The maximum atomic E-state index is 11.9. The molecule has 1 N–H and O–H groups in total. The van der Waals surface area contributed by atoms with Gasteiger partial charge in [-0.05, 0) is 11.6 Å². The molecule has 1 fully saturated rings. The maximum Gasteiger partial charge on any atom is 0.320 e. The number of pyridine rings is 1. The van der Waals surface area contributed by atoms with Crippen molar-refractivity contribution in [3.8, 4) is 0 Å². The van der Waals surface area contributed by atoms with Crippen LogP contribution in [0.15, 0.2) is 24.5 Å². The molecule has 1 atom stereocenters. The van der Waals surface area contributed by atoms with Gasteiger partial charge in [-0.2, -0.15) is 0 Å². The number of rotatable bonds is 3. The Balaban J connectivity index is 2.10. The Kier molecular flexibility index (Phi) is 3.45. The lowest BCUT2D eigenvalue weighted by Crippen LogP contribution is -2.53. The third-order valence-electron chi connectivity index (χ3n) is 2.98. The van der Waals surface area contributed by atoms with E-state index in [1.807, 2.05) is 6.07 Å².